The molecule has 5 unspecified atom stereocenters. The van der Waals surface area contributed by atoms with Crippen molar-refractivity contribution >= 4 is 37.3 Å². The first kappa shape index (κ1) is 26.5. The molecular weight excluding hydrogens is 509 g/mol. The third kappa shape index (κ3) is 6.22. The van der Waals surface area contributed by atoms with Crippen LogP contribution >= 0.6 is 20.1 Å². The molecule has 1 aromatic carbocycles. The Labute approximate surface area is 215 Å². The van der Waals surface area contributed by atoms with Crippen LogP contribution in [0, 0.1) is 5.92 Å². The molecule has 1 saturated heterocycles. The van der Waals surface area contributed by atoms with E-state index in [0.717, 1.165) is 6.42 Å². The molecule has 1 aliphatic heterocycles. The van der Waals surface area contributed by atoms with Crippen molar-refractivity contribution in [3.05, 3.63) is 41.9 Å². The second-order valence-corrected chi connectivity index (χ2v) is 9.92. The predicted octanol–water partition coefficient (Wildman–Crippen LogP) is 4.28. The van der Waals surface area contributed by atoms with Gasteiger partial charge in [-0.3, -0.25) is 9.36 Å². The summed E-state index contributed by atoms with van der Waals surface area (Å²) in [7, 11) is -0.348. The number of hydrogen-bond acceptors (Lipinski definition) is 10. The van der Waals surface area contributed by atoms with Gasteiger partial charge in [-0.25, -0.2) is 15.1 Å². The zero-order valence-electron chi connectivity index (χ0n) is 20.5. The van der Waals surface area contributed by atoms with Crippen LogP contribution in [0.1, 0.15) is 33.4 Å². The van der Waals surface area contributed by atoms with Gasteiger partial charge in [0.05, 0.1) is 32.8 Å². The van der Waals surface area contributed by atoms with Crippen molar-refractivity contribution in [2.24, 2.45) is 5.92 Å². The number of imidazole rings is 1. The van der Waals surface area contributed by atoms with Gasteiger partial charge in [-0.05, 0) is 44.5 Å². The number of esters is 1. The van der Waals surface area contributed by atoms with Crippen LogP contribution in [0.15, 0.2) is 36.9 Å². The third-order valence-electron chi connectivity index (χ3n) is 5.57. The van der Waals surface area contributed by atoms with Crippen LogP contribution < -0.4 is 14.3 Å². The Kier molecular flexibility index (Phi) is 8.92. The molecule has 1 aliphatic rings. The standard InChI is InChI=1S/C23H29ClN5O6P/c1-5-32-21-19-20(25-12-26-21)29(13-27-19)22-14(2)10-18(34-22)11-33-36(28-15(3)23(30)31-4)35-17-8-6-16(24)7-9-17/h6-9,12-15,18,22,28H,5,10-11H2,1-4H3. The van der Waals surface area contributed by atoms with E-state index in [0.29, 0.717) is 34.4 Å². The van der Waals surface area contributed by atoms with Gasteiger partial charge in [0.2, 0.25) is 5.88 Å². The van der Waals surface area contributed by atoms with Crippen molar-refractivity contribution in [3.8, 4) is 11.6 Å². The number of ether oxygens (including phenoxy) is 3. The Morgan fingerprint density at radius 3 is 2.81 bits per heavy atom. The molecule has 1 N–H and O–H groups in total. The van der Waals surface area contributed by atoms with E-state index in [9.17, 15) is 4.79 Å². The fourth-order valence-electron chi connectivity index (χ4n) is 3.84. The Morgan fingerprint density at radius 1 is 1.31 bits per heavy atom. The highest BCUT2D eigenvalue weighted by molar-refractivity contribution is 7.45. The lowest BCUT2D eigenvalue weighted by molar-refractivity contribution is -0.142. The number of nitrogens with one attached hydrogen (secondary N) is 1. The van der Waals surface area contributed by atoms with Crippen LogP contribution in [0.5, 0.6) is 11.6 Å². The maximum absolute atomic E-state index is 11.9. The minimum Gasteiger partial charge on any atom is -0.476 e. The number of hydrogen-bond donors (Lipinski definition) is 1. The van der Waals surface area contributed by atoms with Gasteiger partial charge < -0.3 is 23.3 Å². The van der Waals surface area contributed by atoms with Gasteiger partial charge in [-0.2, -0.15) is 4.98 Å². The van der Waals surface area contributed by atoms with Crippen LogP contribution in [0.2, 0.25) is 5.02 Å². The number of benzene rings is 1. The zero-order chi connectivity index (χ0) is 25.7. The van der Waals surface area contributed by atoms with Crippen molar-refractivity contribution in [3.63, 3.8) is 0 Å². The summed E-state index contributed by atoms with van der Waals surface area (Å²) < 4.78 is 30.7. The smallest absolute Gasteiger partial charge is 0.323 e. The Balaban J connectivity index is 1.43. The Bertz CT molecular complexity index is 1170. The van der Waals surface area contributed by atoms with Crippen LogP contribution in [0.4, 0.5) is 0 Å². The van der Waals surface area contributed by atoms with Crippen LogP contribution in [0.3, 0.4) is 0 Å². The van der Waals surface area contributed by atoms with Crippen molar-refractivity contribution in [2.45, 2.75) is 45.6 Å². The number of nitrogens with zero attached hydrogens (tertiary/aromatic N) is 4. The quantitative estimate of drug-likeness (QED) is 0.280. The van der Waals surface area contributed by atoms with Gasteiger partial charge in [0.15, 0.2) is 11.2 Å². The van der Waals surface area contributed by atoms with Gasteiger partial charge in [-0.1, -0.05) is 18.5 Å². The fraction of sp³-hybridized carbons (Fsp3) is 0.478. The van der Waals surface area contributed by atoms with E-state index in [1.165, 1.54) is 13.4 Å². The summed E-state index contributed by atoms with van der Waals surface area (Å²) in [4.78, 5) is 24.9. The van der Waals surface area contributed by atoms with Crippen LogP contribution in [-0.4, -0.2) is 58.0 Å². The Morgan fingerprint density at radius 2 is 2.08 bits per heavy atom. The zero-order valence-corrected chi connectivity index (χ0v) is 22.1. The van der Waals surface area contributed by atoms with Crippen LogP contribution in [0.25, 0.3) is 11.2 Å². The monoisotopic (exact) mass is 537 g/mol. The molecule has 1 fully saturated rings. The van der Waals surface area contributed by atoms with Gasteiger partial charge in [0, 0.05) is 10.9 Å². The first-order valence-corrected chi connectivity index (χ1v) is 13.1. The number of carbonyl (C=O) groups is 1. The van der Waals surface area contributed by atoms with Gasteiger partial charge in [0.25, 0.3) is 0 Å². The van der Waals surface area contributed by atoms with Gasteiger partial charge in [-0.15, -0.1) is 0 Å². The number of aromatic nitrogens is 4. The van der Waals surface area contributed by atoms with Crippen molar-refractivity contribution in [1.82, 2.24) is 24.6 Å². The van der Waals surface area contributed by atoms with Crippen molar-refractivity contribution < 1.29 is 28.1 Å². The first-order chi connectivity index (χ1) is 17.4. The molecule has 5 atom stereocenters. The highest BCUT2D eigenvalue weighted by Gasteiger charge is 2.36. The molecule has 11 nitrogen and oxygen atoms in total. The molecule has 2 aromatic heterocycles. The van der Waals surface area contributed by atoms with Gasteiger partial charge in [0.1, 0.15) is 24.3 Å². The lowest BCUT2D eigenvalue weighted by Crippen LogP contribution is -2.33. The average Bonchev–Trinajstić information content (AvgIpc) is 3.47. The lowest BCUT2D eigenvalue weighted by atomic mass is 10.1. The van der Waals surface area contributed by atoms with E-state index in [1.807, 2.05) is 11.5 Å². The normalized spacial score (nSPS) is 21.3. The number of fused-ring (bicyclic) bond motifs is 1. The number of halogens is 1. The second-order valence-electron chi connectivity index (χ2n) is 8.27. The number of rotatable bonds is 11. The van der Waals surface area contributed by atoms with E-state index in [2.05, 4.69) is 27.0 Å². The number of carbonyl (C=O) groups excluding carboxylic acids is 1. The lowest BCUT2D eigenvalue weighted by Gasteiger charge is -2.23. The molecule has 0 radical (unpaired) electrons. The summed E-state index contributed by atoms with van der Waals surface area (Å²) in [6.07, 6.45) is 3.43. The van der Waals surface area contributed by atoms with E-state index in [4.69, 9.17) is 34.9 Å². The highest BCUT2D eigenvalue weighted by atomic mass is 35.5. The average molecular weight is 538 g/mol. The maximum Gasteiger partial charge on any atom is 0.323 e. The second kappa shape index (κ2) is 12.1. The minimum atomic E-state index is -1.68. The molecule has 0 amide bonds. The molecule has 4 rings (SSSR count). The van der Waals surface area contributed by atoms with Crippen LogP contribution in [-0.2, 0) is 18.8 Å². The van der Waals surface area contributed by atoms with E-state index in [1.54, 1.807) is 37.5 Å². The first-order valence-electron chi connectivity index (χ1n) is 11.6. The molecule has 0 saturated carbocycles. The van der Waals surface area contributed by atoms with Crippen molar-refractivity contribution in [2.75, 3.05) is 20.3 Å². The Hall–Kier alpha value is -2.56. The molecule has 0 bridgehead atoms. The topological polar surface area (TPSA) is 119 Å². The summed E-state index contributed by atoms with van der Waals surface area (Å²) in [6, 6.07) is 6.28. The summed E-state index contributed by atoms with van der Waals surface area (Å²) >= 11 is 5.97. The molecule has 36 heavy (non-hydrogen) atoms. The summed E-state index contributed by atoms with van der Waals surface area (Å²) in [5, 5.41) is 3.65. The molecule has 13 heteroatoms. The maximum atomic E-state index is 11.9. The summed E-state index contributed by atoms with van der Waals surface area (Å²) in [6.45, 7) is 6.42. The fourth-order valence-corrected chi connectivity index (χ4v) is 5.19. The van der Waals surface area contributed by atoms with Gasteiger partial charge >= 0.3 is 14.5 Å². The van der Waals surface area contributed by atoms with E-state index in [-0.39, 0.29) is 24.9 Å². The van der Waals surface area contributed by atoms with E-state index < -0.39 is 20.5 Å². The molecule has 3 heterocycles. The predicted molar refractivity (Wildman–Crippen MR) is 134 cm³/mol. The largest absolute Gasteiger partial charge is 0.476 e. The third-order valence-corrected chi connectivity index (χ3v) is 7.18. The molecule has 0 spiro atoms. The molecule has 0 aliphatic carbocycles. The SMILES string of the molecule is CCOc1ncnc2c1ncn2C1OC(COP(NC(C)C(=O)OC)Oc2ccc(Cl)cc2)CC1C. The van der Waals surface area contributed by atoms with E-state index >= 15 is 0 Å². The summed E-state index contributed by atoms with van der Waals surface area (Å²) in [5.41, 5.74) is 1.24. The minimum absolute atomic E-state index is 0.173. The molecular formula is C23H29ClN5O6P. The molecule has 194 valence electrons. The number of methoxy groups -OCH3 is 1. The summed E-state index contributed by atoms with van der Waals surface area (Å²) in [5.74, 6) is 0.759. The molecule has 3 aromatic rings. The highest BCUT2D eigenvalue weighted by Crippen LogP contribution is 2.40. The van der Waals surface area contributed by atoms with Crippen molar-refractivity contribution in [1.29, 1.82) is 0 Å².